The average Bonchev–Trinajstić information content (AvgIpc) is 2.31. The van der Waals surface area contributed by atoms with Gasteiger partial charge in [0.25, 0.3) is 0 Å². The molecule has 0 N–H and O–H groups in total. The minimum atomic E-state index is -0.181. The van der Waals surface area contributed by atoms with Crippen LogP contribution < -0.4 is 0 Å². The minimum absolute atomic E-state index is 0.181. The van der Waals surface area contributed by atoms with Crippen LogP contribution in [0.5, 0.6) is 0 Å². The Bertz CT molecular complexity index is 457. The largest absolute Gasteiger partial charge is 0.206 e. The molecular weight excluding hydrogens is 199 g/mol. The van der Waals surface area contributed by atoms with Gasteiger partial charge in [-0.05, 0) is 35.7 Å². The molecule has 0 saturated carbocycles. The van der Waals surface area contributed by atoms with Gasteiger partial charge in [-0.25, -0.2) is 4.39 Å². The highest BCUT2D eigenvalue weighted by Gasteiger charge is 2.03. The summed E-state index contributed by atoms with van der Waals surface area (Å²) in [5.74, 6) is -0.181. The van der Waals surface area contributed by atoms with Gasteiger partial charge in [0.05, 0.1) is 0 Å². The van der Waals surface area contributed by atoms with Gasteiger partial charge in [0, 0.05) is 5.56 Å². The zero-order chi connectivity index (χ0) is 11.4. The van der Waals surface area contributed by atoms with Crippen molar-refractivity contribution in [3.8, 4) is 11.1 Å². The number of hydrogen-bond acceptors (Lipinski definition) is 0. The fraction of sp³-hybridized carbons (Fsp3) is 0.200. The molecule has 2 rings (SSSR count). The lowest BCUT2D eigenvalue weighted by Crippen LogP contribution is -1.86. The molecule has 16 heavy (non-hydrogen) atoms. The van der Waals surface area contributed by atoms with E-state index in [0.717, 1.165) is 18.4 Å². The molecule has 0 aliphatic rings. The standard InChI is InChI=1S/C15H14F/c1-2-5-12-8-10-13(11-9-12)14-6-3-4-7-15(14)16/h3-4,6-8,10-11H,2,5H2,1H3. The third-order valence-electron chi connectivity index (χ3n) is 2.58. The van der Waals surface area contributed by atoms with Crippen molar-refractivity contribution in [2.45, 2.75) is 19.8 Å². The van der Waals surface area contributed by atoms with Gasteiger partial charge in [-0.15, -0.1) is 0 Å². The molecule has 0 aliphatic carbocycles. The second kappa shape index (κ2) is 4.93. The Morgan fingerprint density at radius 3 is 2.56 bits per heavy atom. The van der Waals surface area contributed by atoms with Crippen molar-refractivity contribution in [2.75, 3.05) is 0 Å². The summed E-state index contributed by atoms with van der Waals surface area (Å²) in [4.78, 5) is 0. The van der Waals surface area contributed by atoms with Crippen LogP contribution in [0.2, 0.25) is 0 Å². The topological polar surface area (TPSA) is 0 Å². The summed E-state index contributed by atoms with van der Waals surface area (Å²) in [7, 11) is 0. The van der Waals surface area contributed by atoms with E-state index in [-0.39, 0.29) is 5.82 Å². The predicted molar refractivity (Wildman–Crippen MR) is 64.7 cm³/mol. The normalized spacial score (nSPS) is 10.4. The highest BCUT2D eigenvalue weighted by molar-refractivity contribution is 5.64. The lowest BCUT2D eigenvalue weighted by atomic mass is 10.0. The summed E-state index contributed by atoms with van der Waals surface area (Å²) in [6.07, 6.45) is 2.13. The molecule has 0 unspecified atom stereocenters. The molecule has 0 aromatic heterocycles. The second-order valence-electron chi connectivity index (χ2n) is 3.83. The van der Waals surface area contributed by atoms with Gasteiger partial charge in [0.15, 0.2) is 0 Å². The SMILES string of the molecule is CCCc1[c]cc(-c2ccccc2F)cc1. The average molecular weight is 213 g/mol. The Kier molecular flexibility index (Phi) is 3.35. The van der Waals surface area contributed by atoms with E-state index >= 15 is 0 Å². The first-order valence-electron chi connectivity index (χ1n) is 5.57. The van der Waals surface area contributed by atoms with E-state index in [1.165, 1.54) is 11.6 Å². The van der Waals surface area contributed by atoms with E-state index in [2.05, 4.69) is 13.0 Å². The van der Waals surface area contributed by atoms with Crippen LogP contribution in [0.3, 0.4) is 0 Å². The first-order valence-corrected chi connectivity index (χ1v) is 5.57. The summed E-state index contributed by atoms with van der Waals surface area (Å²) in [5.41, 5.74) is 2.71. The Morgan fingerprint density at radius 1 is 1.12 bits per heavy atom. The minimum Gasteiger partial charge on any atom is -0.206 e. The summed E-state index contributed by atoms with van der Waals surface area (Å²) in [6.45, 7) is 2.14. The van der Waals surface area contributed by atoms with E-state index in [0.29, 0.717) is 5.56 Å². The van der Waals surface area contributed by atoms with Crippen LogP contribution in [0.25, 0.3) is 11.1 Å². The smallest absolute Gasteiger partial charge is 0.131 e. The van der Waals surface area contributed by atoms with Crippen molar-refractivity contribution >= 4 is 0 Å². The molecule has 0 spiro atoms. The molecule has 0 nitrogen and oxygen atoms in total. The Balaban J connectivity index is 2.31. The Hall–Kier alpha value is -1.63. The lowest BCUT2D eigenvalue weighted by molar-refractivity contribution is 0.631. The molecule has 0 saturated heterocycles. The van der Waals surface area contributed by atoms with Gasteiger partial charge in [0.2, 0.25) is 0 Å². The third-order valence-corrected chi connectivity index (χ3v) is 2.58. The third kappa shape index (κ3) is 2.30. The summed E-state index contributed by atoms with van der Waals surface area (Å²) in [6, 6.07) is 15.9. The highest BCUT2D eigenvalue weighted by atomic mass is 19.1. The number of halogens is 1. The van der Waals surface area contributed by atoms with Crippen molar-refractivity contribution in [2.24, 2.45) is 0 Å². The summed E-state index contributed by atoms with van der Waals surface area (Å²) in [5, 5.41) is 0. The molecule has 2 aromatic rings. The molecule has 81 valence electrons. The van der Waals surface area contributed by atoms with Gasteiger partial charge >= 0.3 is 0 Å². The number of hydrogen-bond donors (Lipinski definition) is 0. The maximum Gasteiger partial charge on any atom is 0.131 e. The lowest BCUT2D eigenvalue weighted by Gasteiger charge is -2.04. The first-order chi connectivity index (χ1) is 7.81. The Labute approximate surface area is 95.7 Å². The fourth-order valence-corrected chi connectivity index (χ4v) is 1.74. The molecule has 0 aliphatic heterocycles. The van der Waals surface area contributed by atoms with Crippen molar-refractivity contribution in [1.29, 1.82) is 0 Å². The molecule has 1 heteroatoms. The van der Waals surface area contributed by atoms with Gasteiger partial charge < -0.3 is 0 Å². The number of benzene rings is 2. The molecule has 0 fully saturated rings. The van der Waals surface area contributed by atoms with Crippen LogP contribution in [-0.2, 0) is 6.42 Å². The van der Waals surface area contributed by atoms with Crippen molar-refractivity contribution < 1.29 is 4.39 Å². The van der Waals surface area contributed by atoms with E-state index in [9.17, 15) is 4.39 Å². The quantitative estimate of drug-likeness (QED) is 0.715. The molecule has 0 amide bonds. The van der Waals surface area contributed by atoms with Crippen molar-refractivity contribution in [3.05, 3.63) is 59.9 Å². The van der Waals surface area contributed by atoms with Gasteiger partial charge in [-0.1, -0.05) is 43.7 Å². The van der Waals surface area contributed by atoms with Gasteiger partial charge in [-0.2, -0.15) is 0 Å². The monoisotopic (exact) mass is 213 g/mol. The van der Waals surface area contributed by atoms with Crippen LogP contribution >= 0.6 is 0 Å². The molecule has 1 radical (unpaired) electrons. The van der Waals surface area contributed by atoms with Crippen molar-refractivity contribution in [3.63, 3.8) is 0 Å². The van der Waals surface area contributed by atoms with E-state index in [1.54, 1.807) is 12.1 Å². The molecule has 0 heterocycles. The van der Waals surface area contributed by atoms with Gasteiger partial charge in [-0.3, -0.25) is 0 Å². The zero-order valence-corrected chi connectivity index (χ0v) is 9.33. The second-order valence-corrected chi connectivity index (χ2v) is 3.83. The first kappa shape index (κ1) is 10.9. The maximum absolute atomic E-state index is 13.5. The van der Waals surface area contributed by atoms with Crippen LogP contribution in [0.4, 0.5) is 4.39 Å². The van der Waals surface area contributed by atoms with Crippen LogP contribution in [0.1, 0.15) is 18.9 Å². The van der Waals surface area contributed by atoms with E-state index in [1.807, 2.05) is 24.3 Å². The maximum atomic E-state index is 13.5. The number of aryl methyl sites for hydroxylation is 1. The molecular formula is C15H14F. The Morgan fingerprint density at radius 2 is 1.94 bits per heavy atom. The molecule has 0 bridgehead atoms. The summed E-state index contributed by atoms with van der Waals surface area (Å²) < 4.78 is 13.5. The van der Waals surface area contributed by atoms with Crippen LogP contribution in [-0.4, -0.2) is 0 Å². The molecule has 0 atom stereocenters. The van der Waals surface area contributed by atoms with Crippen LogP contribution in [0, 0.1) is 11.9 Å². The van der Waals surface area contributed by atoms with Crippen molar-refractivity contribution in [1.82, 2.24) is 0 Å². The van der Waals surface area contributed by atoms with Gasteiger partial charge in [0.1, 0.15) is 5.82 Å². The predicted octanol–water partition coefficient (Wildman–Crippen LogP) is 4.25. The number of rotatable bonds is 3. The van der Waals surface area contributed by atoms with E-state index < -0.39 is 0 Å². The highest BCUT2D eigenvalue weighted by Crippen LogP contribution is 2.22. The van der Waals surface area contributed by atoms with E-state index in [4.69, 9.17) is 0 Å². The zero-order valence-electron chi connectivity index (χ0n) is 9.33. The summed E-state index contributed by atoms with van der Waals surface area (Å²) >= 11 is 0. The molecule has 2 aromatic carbocycles. The fourth-order valence-electron chi connectivity index (χ4n) is 1.74. The van der Waals surface area contributed by atoms with Crippen LogP contribution in [0.15, 0.2) is 42.5 Å².